The number of aromatic amines is 1. The van der Waals surface area contributed by atoms with Gasteiger partial charge in [0.25, 0.3) is 0 Å². The normalized spacial score (nSPS) is 9.56. The average molecular weight is 166 g/mol. The maximum absolute atomic E-state index is 10.6. The first-order valence-electron chi connectivity index (χ1n) is 2.16. The summed E-state index contributed by atoms with van der Waals surface area (Å²) in [5.41, 5.74) is -0.271. The van der Waals surface area contributed by atoms with E-state index in [0.29, 0.717) is 4.34 Å². The zero-order valence-corrected chi connectivity index (χ0v) is 6.18. The smallest absolute Gasteiger partial charge is 0.302 e. The Labute approximate surface area is 60.4 Å². The lowest BCUT2D eigenvalue weighted by molar-refractivity contribution is 0.412. The van der Waals surface area contributed by atoms with E-state index >= 15 is 0 Å². The molecule has 1 rings (SSSR count). The highest BCUT2D eigenvalue weighted by atomic mass is 35.5. The molecule has 0 aliphatic heterocycles. The first-order chi connectivity index (χ1) is 4.25. The van der Waals surface area contributed by atoms with Crippen molar-refractivity contribution in [1.82, 2.24) is 4.37 Å². The van der Waals surface area contributed by atoms with Gasteiger partial charge in [0.05, 0.1) is 7.11 Å². The Morgan fingerprint density at radius 1 is 1.78 bits per heavy atom. The molecule has 0 atom stereocenters. The van der Waals surface area contributed by atoms with E-state index < -0.39 is 0 Å². The molecule has 0 bridgehead atoms. The van der Waals surface area contributed by atoms with Gasteiger partial charge in [-0.1, -0.05) is 11.6 Å². The Bertz CT molecular complexity index is 253. The van der Waals surface area contributed by atoms with Gasteiger partial charge >= 0.3 is 5.56 Å². The molecule has 0 aliphatic carbocycles. The second-order valence-electron chi connectivity index (χ2n) is 1.34. The van der Waals surface area contributed by atoms with Crippen molar-refractivity contribution in [3.8, 4) is 5.75 Å². The summed E-state index contributed by atoms with van der Waals surface area (Å²) >= 11 is 6.57. The van der Waals surface area contributed by atoms with Gasteiger partial charge in [-0.25, -0.2) is 0 Å². The van der Waals surface area contributed by atoms with Crippen molar-refractivity contribution in [3.63, 3.8) is 0 Å². The van der Waals surface area contributed by atoms with Crippen LogP contribution in [0.2, 0.25) is 4.34 Å². The Hall–Kier alpha value is -0.480. The molecular formula is C4H4ClNO2S. The van der Waals surface area contributed by atoms with Gasteiger partial charge in [0.2, 0.25) is 5.75 Å². The van der Waals surface area contributed by atoms with E-state index in [1.807, 2.05) is 0 Å². The number of halogens is 1. The number of hydrogen-bond donors (Lipinski definition) is 1. The summed E-state index contributed by atoms with van der Waals surface area (Å²) in [6.45, 7) is 0. The third kappa shape index (κ3) is 1.09. The molecule has 1 N–H and O–H groups in total. The van der Waals surface area contributed by atoms with Gasteiger partial charge in [0.1, 0.15) is 0 Å². The summed E-state index contributed by atoms with van der Waals surface area (Å²) in [4.78, 5) is 10.6. The molecule has 0 saturated carbocycles. The van der Waals surface area contributed by atoms with E-state index in [1.165, 1.54) is 7.11 Å². The van der Waals surface area contributed by atoms with Crippen LogP contribution in [-0.2, 0) is 0 Å². The number of hydrogen-bond acceptors (Lipinski definition) is 3. The summed E-state index contributed by atoms with van der Waals surface area (Å²) in [7, 11) is 1.41. The van der Waals surface area contributed by atoms with Crippen LogP contribution in [0, 0.1) is 0 Å². The Balaban J connectivity index is 3.23. The molecule has 0 aliphatic rings. The minimum absolute atomic E-state index is 0.196. The number of aromatic nitrogens is 1. The maximum atomic E-state index is 10.6. The van der Waals surface area contributed by atoms with Crippen LogP contribution in [0.15, 0.2) is 4.79 Å². The molecule has 1 aromatic rings. The third-order valence-corrected chi connectivity index (χ3v) is 1.88. The lowest BCUT2D eigenvalue weighted by atomic mass is 10.7. The summed E-state index contributed by atoms with van der Waals surface area (Å²) < 4.78 is 7.43. The van der Waals surface area contributed by atoms with Crippen molar-refractivity contribution in [2.75, 3.05) is 7.11 Å². The van der Waals surface area contributed by atoms with Gasteiger partial charge in [-0.3, -0.25) is 9.17 Å². The summed E-state index contributed by atoms with van der Waals surface area (Å²) in [6.07, 6.45) is 0. The van der Waals surface area contributed by atoms with Crippen LogP contribution < -0.4 is 10.3 Å². The Kier molecular flexibility index (Phi) is 1.78. The van der Waals surface area contributed by atoms with Crippen LogP contribution in [0.5, 0.6) is 5.75 Å². The maximum Gasteiger partial charge on any atom is 0.302 e. The van der Waals surface area contributed by atoms with Crippen LogP contribution in [0.4, 0.5) is 0 Å². The number of nitrogens with one attached hydrogen (secondary N) is 1. The summed E-state index contributed by atoms with van der Waals surface area (Å²) in [5, 5.41) is 0. The first-order valence-corrected chi connectivity index (χ1v) is 3.36. The lowest BCUT2D eigenvalue weighted by Gasteiger charge is -1.88. The van der Waals surface area contributed by atoms with Crippen LogP contribution in [-0.4, -0.2) is 11.5 Å². The average Bonchev–Trinajstić information content (AvgIpc) is 2.12. The highest BCUT2D eigenvalue weighted by Gasteiger charge is 2.05. The molecule has 1 aromatic heterocycles. The molecule has 0 fully saturated rings. The Morgan fingerprint density at radius 2 is 2.44 bits per heavy atom. The van der Waals surface area contributed by atoms with Crippen molar-refractivity contribution >= 4 is 23.1 Å². The van der Waals surface area contributed by atoms with Crippen LogP contribution in [0.25, 0.3) is 0 Å². The van der Waals surface area contributed by atoms with Crippen LogP contribution in [0.3, 0.4) is 0 Å². The fraction of sp³-hybridized carbons (Fsp3) is 0.250. The van der Waals surface area contributed by atoms with Gasteiger partial charge in [-0.2, -0.15) is 0 Å². The van der Waals surface area contributed by atoms with Crippen molar-refractivity contribution < 1.29 is 4.74 Å². The zero-order valence-electron chi connectivity index (χ0n) is 4.60. The van der Waals surface area contributed by atoms with Crippen molar-refractivity contribution in [2.45, 2.75) is 0 Å². The third-order valence-electron chi connectivity index (χ3n) is 0.822. The van der Waals surface area contributed by atoms with E-state index in [2.05, 4.69) is 9.11 Å². The van der Waals surface area contributed by atoms with Crippen molar-refractivity contribution in [3.05, 3.63) is 14.7 Å². The number of rotatable bonds is 1. The molecule has 1 heterocycles. The number of H-pyrrole nitrogens is 1. The van der Waals surface area contributed by atoms with E-state index in [4.69, 9.17) is 11.6 Å². The number of ether oxygens (including phenoxy) is 1. The van der Waals surface area contributed by atoms with Crippen LogP contribution >= 0.6 is 23.1 Å². The highest BCUT2D eigenvalue weighted by Crippen LogP contribution is 2.22. The molecule has 0 radical (unpaired) electrons. The molecule has 0 spiro atoms. The van der Waals surface area contributed by atoms with Gasteiger partial charge in [-0.05, 0) is 11.5 Å². The standard InChI is InChI=1S/C4H4ClNO2S/c1-8-2-3(5)9-6-4(2)7/h1H3,(H,6,7). The van der Waals surface area contributed by atoms with E-state index in [1.54, 1.807) is 0 Å². The van der Waals surface area contributed by atoms with E-state index in [9.17, 15) is 4.79 Å². The van der Waals surface area contributed by atoms with E-state index in [0.717, 1.165) is 11.5 Å². The largest absolute Gasteiger partial charge is 0.489 e. The molecule has 0 aromatic carbocycles. The summed E-state index contributed by atoms with van der Waals surface area (Å²) in [5.74, 6) is 0.196. The molecule has 3 nitrogen and oxygen atoms in total. The van der Waals surface area contributed by atoms with Crippen molar-refractivity contribution in [2.24, 2.45) is 0 Å². The predicted molar refractivity (Wildman–Crippen MR) is 36.5 cm³/mol. The lowest BCUT2D eigenvalue weighted by Crippen LogP contribution is -2.00. The minimum atomic E-state index is -0.271. The topological polar surface area (TPSA) is 42.1 Å². The van der Waals surface area contributed by atoms with Crippen LogP contribution in [0.1, 0.15) is 0 Å². The van der Waals surface area contributed by atoms with Gasteiger partial charge in [0.15, 0.2) is 4.34 Å². The quantitative estimate of drug-likeness (QED) is 0.677. The predicted octanol–water partition coefficient (Wildman–Crippen LogP) is 1.10. The molecule has 0 amide bonds. The van der Waals surface area contributed by atoms with Gasteiger partial charge in [0, 0.05) is 0 Å². The SMILES string of the molecule is COc1c(Cl)s[nH]c1=O. The molecular weight excluding hydrogens is 162 g/mol. The second kappa shape index (κ2) is 2.41. The zero-order chi connectivity index (χ0) is 6.85. The molecule has 9 heavy (non-hydrogen) atoms. The molecule has 5 heteroatoms. The van der Waals surface area contributed by atoms with Gasteiger partial charge in [-0.15, -0.1) is 0 Å². The number of methoxy groups -OCH3 is 1. The molecule has 50 valence electrons. The Morgan fingerprint density at radius 3 is 2.67 bits per heavy atom. The monoisotopic (exact) mass is 165 g/mol. The summed E-state index contributed by atoms with van der Waals surface area (Å²) in [6, 6.07) is 0. The fourth-order valence-electron chi connectivity index (χ4n) is 0.446. The molecule has 0 saturated heterocycles. The molecule has 0 unspecified atom stereocenters. The first kappa shape index (κ1) is 6.64. The van der Waals surface area contributed by atoms with Crippen molar-refractivity contribution in [1.29, 1.82) is 0 Å². The fourth-order valence-corrected chi connectivity index (χ4v) is 1.27. The minimum Gasteiger partial charge on any atom is -0.489 e. The van der Waals surface area contributed by atoms with Gasteiger partial charge < -0.3 is 4.74 Å². The highest BCUT2D eigenvalue weighted by molar-refractivity contribution is 7.10. The van der Waals surface area contributed by atoms with E-state index in [-0.39, 0.29) is 11.3 Å². The second-order valence-corrected chi connectivity index (χ2v) is 2.76.